The normalized spacial score (nSPS) is 12.7. The summed E-state index contributed by atoms with van der Waals surface area (Å²) in [6.45, 7) is 0.900. The summed E-state index contributed by atoms with van der Waals surface area (Å²) in [6.07, 6.45) is 1.01. The molecular weight excluding hydrogens is 339 g/mol. The second-order valence-corrected chi connectivity index (χ2v) is 5.58. The average molecular weight is 354 g/mol. The summed E-state index contributed by atoms with van der Waals surface area (Å²) in [5.74, 6) is 0.425. The molecule has 0 aliphatic carbocycles. The number of hydrogen-bond donors (Lipinski definition) is 2. The zero-order valence-corrected chi connectivity index (χ0v) is 13.6. The van der Waals surface area contributed by atoms with Crippen LogP contribution in [0.5, 0.6) is 17.2 Å². The minimum absolute atomic E-state index is 0.0347. The van der Waals surface area contributed by atoms with Gasteiger partial charge in [-0.2, -0.15) is 4.98 Å². The Labute approximate surface area is 148 Å². The summed E-state index contributed by atoms with van der Waals surface area (Å²) in [7, 11) is 0. The maximum Gasteiger partial charge on any atom is 0.222 e. The number of halogens is 1. The van der Waals surface area contributed by atoms with Gasteiger partial charge in [0.15, 0.2) is 23.1 Å². The predicted molar refractivity (Wildman–Crippen MR) is 93.7 cm³/mol. The van der Waals surface area contributed by atoms with Crippen LogP contribution in [-0.4, -0.2) is 28.3 Å². The third kappa shape index (κ3) is 2.92. The summed E-state index contributed by atoms with van der Waals surface area (Å²) in [5.41, 5.74) is 6.72. The van der Waals surface area contributed by atoms with Crippen molar-refractivity contribution in [1.29, 1.82) is 0 Å². The zero-order chi connectivity index (χ0) is 18.1. The van der Waals surface area contributed by atoms with E-state index >= 15 is 0 Å². The number of aromatic hydroxyl groups is 1. The van der Waals surface area contributed by atoms with Crippen molar-refractivity contribution in [3.63, 3.8) is 0 Å². The molecule has 0 saturated carbocycles. The number of nitrogen functional groups attached to an aromatic ring is 1. The van der Waals surface area contributed by atoms with E-state index < -0.39 is 5.82 Å². The fourth-order valence-electron chi connectivity index (χ4n) is 2.73. The Morgan fingerprint density at radius 1 is 1.04 bits per heavy atom. The highest BCUT2D eigenvalue weighted by atomic mass is 19.1. The molecule has 2 aromatic carbocycles. The highest BCUT2D eigenvalue weighted by Crippen LogP contribution is 2.41. The Kier molecular flexibility index (Phi) is 3.92. The lowest BCUT2D eigenvalue weighted by molar-refractivity contribution is 0.171. The van der Waals surface area contributed by atoms with E-state index in [-0.39, 0.29) is 17.5 Å². The molecule has 1 aromatic heterocycles. The standard InChI is InChI=1S/C18H15FN4O3/c19-14-10-21-18(20)22-17(14)23(11-2-1-3-13(24)8-11)12-4-5-15-16(9-12)26-7-6-25-15/h1-5,8-10,24H,6-7H2,(H2,20,21,22). The molecule has 0 radical (unpaired) electrons. The minimum atomic E-state index is -0.655. The van der Waals surface area contributed by atoms with Gasteiger partial charge in [0.2, 0.25) is 5.95 Å². The number of ether oxygens (including phenoxy) is 2. The molecule has 0 spiro atoms. The van der Waals surface area contributed by atoms with Crippen LogP contribution in [0.15, 0.2) is 48.7 Å². The van der Waals surface area contributed by atoms with Crippen LogP contribution < -0.4 is 20.1 Å². The lowest BCUT2D eigenvalue weighted by atomic mass is 10.2. The lowest BCUT2D eigenvalue weighted by Crippen LogP contribution is -2.17. The summed E-state index contributed by atoms with van der Waals surface area (Å²) in [5, 5.41) is 9.85. The molecular formula is C18H15FN4O3. The fraction of sp³-hybridized carbons (Fsp3) is 0.111. The van der Waals surface area contributed by atoms with Crippen LogP contribution in [0, 0.1) is 5.82 Å². The first-order valence-electron chi connectivity index (χ1n) is 7.88. The molecule has 3 aromatic rings. The molecule has 7 nitrogen and oxygen atoms in total. The molecule has 0 saturated heterocycles. The van der Waals surface area contributed by atoms with Gasteiger partial charge in [0.05, 0.1) is 17.6 Å². The molecule has 8 heteroatoms. The molecule has 4 rings (SSSR count). The third-order valence-corrected chi connectivity index (χ3v) is 3.83. The summed E-state index contributed by atoms with van der Waals surface area (Å²) in [4.78, 5) is 9.22. The van der Waals surface area contributed by atoms with Gasteiger partial charge >= 0.3 is 0 Å². The number of rotatable bonds is 3. The SMILES string of the molecule is Nc1ncc(F)c(N(c2cccc(O)c2)c2ccc3c(c2)OCCO3)n1. The van der Waals surface area contributed by atoms with E-state index in [2.05, 4.69) is 9.97 Å². The van der Waals surface area contributed by atoms with Crippen LogP contribution in [0.3, 0.4) is 0 Å². The van der Waals surface area contributed by atoms with Crippen LogP contribution in [0.4, 0.5) is 27.5 Å². The van der Waals surface area contributed by atoms with E-state index in [0.29, 0.717) is 36.1 Å². The van der Waals surface area contributed by atoms with Crippen molar-refractivity contribution in [1.82, 2.24) is 9.97 Å². The van der Waals surface area contributed by atoms with Crippen LogP contribution in [0.25, 0.3) is 0 Å². The van der Waals surface area contributed by atoms with Crippen LogP contribution in [0.2, 0.25) is 0 Å². The first-order chi connectivity index (χ1) is 12.6. The third-order valence-electron chi connectivity index (χ3n) is 3.83. The van der Waals surface area contributed by atoms with Gasteiger partial charge in [-0.05, 0) is 24.3 Å². The molecule has 0 atom stereocenters. The second-order valence-electron chi connectivity index (χ2n) is 5.58. The van der Waals surface area contributed by atoms with E-state index in [9.17, 15) is 9.50 Å². The minimum Gasteiger partial charge on any atom is -0.508 e. The lowest BCUT2D eigenvalue weighted by Gasteiger charge is -2.26. The largest absolute Gasteiger partial charge is 0.508 e. The van der Waals surface area contributed by atoms with Crippen LogP contribution in [-0.2, 0) is 0 Å². The fourth-order valence-corrected chi connectivity index (χ4v) is 2.73. The Balaban J connectivity index is 1.89. The van der Waals surface area contributed by atoms with Gasteiger partial charge in [0.25, 0.3) is 0 Å². The van der Waals surface area contributed by atoms with Crippen molar-refractivity contribution in [3.8, 4) is 17.2 Å². The van der Waals surface area contributed by atoms with E-state index in [1.54, 1.807) is 30.3 Å². The number of hydrogen-bond acceptors (Lipinski definition) is 7. The van der Waals surface area contributed by atoms with Gasteiger partial charge in [-0.1, -0.05) is 6.07 Å². The van der Waals surface area contributed by atoms with Gasteiger partial charge in [0.1, 0.15) is 19.0 Å². The van der Waals surface area contributed by atoms with Crippen molar-refractivity contribution in [2.45, 2.75) is 0 Å². The maximum absolute atomic E-state index is 14.5. The predicted octanol–water partition coefficient (Wildman–Crippen LogP) is 3.14. The van der Waals surface area contributed by atoms with Gasteiger partial charge in [-0.25, -0.2) is 9.37 Å². The van der Waals surface area contributed by atoms with Gasteiger partial charge < -0.3 is 20.3 Å². The van der Waals surface area contributed by atoms with Crippen molar-refractivity contribution < 1.29 is 19.0 Å². The van der Waals surface area contributed by atoms with Gasteiger partial charge in [-0.15, -0.1) is 0 Å². The number of phenols is 1. The highest BCUT2D eigenvalue weighted by molar-refractivity contribution is 5.77. The Bertz CT molecular complexity index is 967. The molecule has 3 N–H and O–H groups in total. The van der Waals surface area contributed by atoms with Gasteiger partial charge in [0, 0.05) is 12.1 Å². The van der Waals surface area contributed by atoms with E-state index in [4.69, 9.17) is 15.2 Å². The maximum atomic E-state index is 14.5. The Morgan fingerprint density at radius 3 is 2.62 bits per heavy atom. The Morgan fingerprint density at radius 2 is 1.81 bits per heavy atom. The van der Waals surface area contributed by atoms with Crippen molar-refractivity contribution in [2.75, 3.05) is 23.8 Å². The number of anilines is 4. The zero-order valence-electron chi connectivity index (χ0n) is 13.6. The molecule has 0 fully saturated rings. The highest BCUT2D eigenvalue weighted by Gasteiger charge is 2.22. The molecule has 0 bridgehead atoms. The average Bonchev–Trinajstić information content (AvgIpc) is 2.65. The number of phenolic OH excluding ortho intramolecular Hbond substituents is 1. The monoisotopic (exact) mass is 354 g/mol. The van der Waals surface area contributed by atoms with E-state index in [1.165, 1.54) is 17.0 Å². The quantitative estimate of drug-likeness (QED) is 0.746. The number of nitrogens with two attached hydrogens (primary N) is 1. The molecule has 2 heterocycles. The molecule has 1 aliphatic rings. The second kappa shape index (κ2) is 6.40. The first kappa shape index (κ1) is 15.9. The summed E-state index contributed by atoms with van der Waals surface area (Å²) < 4.78 is 25.6. The number of fused-ring (bicyclic) bond motifs is 1. The number of nitrogens with zero attached hydrogens (tertiary/aromatic N) is 3. The molecule has 0 unspecified atom stereocenters. The smallest absolute Gasteiger partial charge is 0.222 e. The van der Waals surface area contributed by atoms with Crippen molar-refractivity contribution >= 4 is 23.1 Å². The van der Waals surface area contributed by atoms with E-state index in [1.807, 2.05) is 0 Å². The Hall–Kier alpha value is -3.55. The molecule has 1 aliphatic heterocycles. The number of aromatic nitrogens is 2. The molecule has 26 heavy (non-hydrogen) atoms. The van der Waals surface area contributed by atoms with Crippen molar-refractivity contribution in [2.24, 2.45) is 0 Å². The topological polar surface area (TPSA) is 93.7 Å². The van der Waals surface area contributed by atoms with Crippen LogP contribution in [0.1, 0.15) is 0 Å². The summed E-state index contributed by atoms with van der Waals surface area (Å²) in [6, 6.07) is 11.6. The molecule has 0 amide bonds. The molecule has 132 valence electrons. The first-order valence-corrected chi connectivity index (χ1v) is 7.88. The van der Waals surface area contributed by atoms with Gasteiger partial charge in [-0.3, -0.25) is 4.90 Å². The van der Waals surface area contributed by atoms with Crippen molar-refractivity contribution in [3.05, 3.63) is 54.5 Å². The summed E-state index contributed by atoms with van der Waals surface area (Å²) >= 11 is 0. The number of benzene rings is 2. The van der Waals surface area contributed by atoms with E-state index in [0.717, 1.165) is 6.20 Å². The van der Waals surface area contributed by atoms with Crippen LogP contribution >= 0.6 is 0 Å².